The first-order valence-corrected chi connectivity index (χ1v) is 10.5. The number of nitrogens with zero attached hydrogens (tertiary/aromatic N) is 3. The van der Waals surface area contributed by atoms with Gasteiger partial charge in [0.25, 0.3) is 11.5 Å². The monoisotopic (exact) mass is 421 g/mol. The molecule has 0 unspecified atom stereocenters. The number of hydrogen-bond acceptors (Lipinski definition) is 5. The minimum absolute atomic E-state index is 0.0160. The minimum Gasteiger partial charge on any atom is -0.456 e. The minimum atomic E-state index is -0.502. The molecular weight excluding hydrogens is 394 g/mol. The number of carbonyl (C=O) groups is 2. The summed E-state index contributed by atoms with van der Waals surface area (Å²) < 4.78 is 6.68. The molecule has 0 saturated heterocycles. The van der Waals surface area contributed by atoms with Crippen LogP contribution in [0.5, 0.6) is 0 Å². The zero-order valence-corrected chi connectivity index (χ0v) is 18.1. The van der Waals surface area contributed by atoms with Crippen LogP contribution in [-0.4, -0.2) is 46.0 Å². The van der Waals surface area contributed by atoms with Crippen LogP contribution in [0.15, 0.2) is 53.3 Å². The molecule has 0 aliphatic rings. The maximum absolute atomic E-state index is 13.2. The molecule has 0 fully saturated rings. The van der Waals surface area contributed by atoms with Crippen LogP contribution in [0.3, 0.4) is 0 Å². The van der Waals surface area contributed by atoms with Gasteiger partial charge in [0.1, 0.15) is 5.82 Å². The second-order valence-corrected chi connectivity index (χ2v) is 7.25. The zero-order chi connectivity index (χ0) is 22.4. The van der Waals surface area contributed by atoms with Crippen LogP contribution < -0.4 is 5.56 Å². The van der Waals surface area contributed by atoms with Crippen LogP contribution in [0.2, 0.25) is 0 Å². The average Bonchev–Trinajstić information content (AvgIpc) is 2.78. The second-order valence-electron chi connectivity index (χ2n) is 7.25. The fourth-order valence-corrected chi connectivity index (χ4v) is 3.40. The van der Waals surface area contributed by atoms with Crippen LogP contribution in [0, 0.1) is 6.92 Å². The van der Waals surface area contributed by atoms with Gasteiger partial charge in [-0.1, -0.05) is 29.8 Å². The summed E-state index contributed by atoms with van der Waals surface area (Å²) in [5, 5.41) is 0.513. The van der Waals surface area contributed by atoms with Crippen molar-refractivity contribution in [3.8, 4) is 5.69 Å². The molecule has 0 N–H and O–H groups in total. The normalized spacial score (nSPS) is 10.8. The molecular formula is C24H27N3O4. The molecule has 1 heterocycles. The van der Waals surface area contributed by atoms with Crippen LogP contribution in [0.1, 0.15) is 31.7 Å². The highest BCUT2D eigenvalue weighted by Gasteiger charge is 2.16. The molecule has 0 aliphatic carbocycles. The van der Waals surface area contributed by atoms with E-state index in [-0.39, 0.29) is 30.9 Å². The van der Waals surface area contributed by atoms with E-state index in [0.717, 1.165) is 5.56 Å². The van der Waals surface area contributed by atoms with Gasteiger partial charge in [-0.25, -0.2) is 4.98 Å². The summed E-state index contributed by atoms with van der Waals surface area (Å²) in [5.74, 6) is -0.253. The Hall–Kier alpha value is -3.48. The standard InChI is InChI=1S/C24H27N3O4/c1-4-26(5-2)22(28)16-31-23(29)15-14-21-25-20-9-7-6-8-19(20)24(30)27(21)18-12-10-17(3)11-13-18/h6-13H,4-5,14-16H2,1-3H3. The Balaban J connectivity index is 1.83. The van der Waals surface area contributed by atoms with Crippen LogP contribution in [-0.2, 0) is 20.7 Å². The van der Waals surface area contributed by atoms with E-state index in [1.54, 1.807) is 23.1 Å². The van der Waals surface area contributed by atoms with Crippen molar-refractivity contribution < 1.29 is 14.3 Å². The first-order valence-electron chi connectivity index (χ1n) is 10.5. The predicted molar refractivity (Wildman–Crippen MR) is 119 cm³/mol. The van der Waals surface area contributed by atoms with Crippen molar-refractivity contribution in [2.75, 3.05) is 19.7 Å². The lowest BCUT2D eigenvalue weighted by atomic mass is 10.2. The predicted octanol–water partition coefficient (Wildman–Crippen LogP) is 3.04. The number of para-hydroxylation sites is 1. The highest BCUT2D eigenvalue weighted by atomic mass is 16.5. The van der Waals surface area contributed by atoms with Gasteiger partial charge in [0.05, 0.1) is 23.0 Å². The van der Waals surface area contributed by atoms with E-state index in [1.165, 1.54) is 4.57 Å². The van der Waals surface area contributed by atoms with Gasteiger partial charge in [0, 0.05) is 19.5 Å². The molecule has 0 radical (unpaired) electrons. The van der Waals surface area contributed by atoms with E-state index in [0.29, 0.717) is 35.5 Å². The lowest BCUT2D eigenvalue weighted by molar-refractivity contribution is -0.151. The van der Waals surface area contributed by atoms with Gasteiger partial charge in [-0.15, -0.1) is 0 Å². The van der Waals surface area contributed by atoms with Crippen molar-refractivity contribution in [3.63, 3.8) is 0 Å². The van der Waals surface area contributed by atoms with E-state index in [4.69, 9.17) is 4.74 Å². The van der Waals surface area contributed by atoms with Gasteiger partial charge < -0.3 is 9.64 Å². The van der Waals surface area contributed by atoms with Gasteiger partial charge in [0.15, 0.2) is 6.61 Å². The molecule has 0 spiro atoms. The van der Waals surface area contributed by atoms with E-state index >= 15 is 0 Å². The number of amides is 1. The number of aryl methyl sites for hydroxylation is 2. The topological polar surface area (TPSA) is 81.5 Å². The fourth-order valence-electron chi connectivity index (χ4n) is 3.40. The van der Waals surface area contributed by atoms with E-state index in [2.05, 4.69) is 4.98 Å². The van der Waals surface area contributed by atoms with E-state index in [9.17, 15) is 14.4 Å². The highest BCUT2D eigenvalue weighted by Crippen LogP contribution is 2.15. The van der Waals surface area contributed by atoms with Gasteiger partial charge in [-0.2, -0.15) is 0 Å². The highest BCUT2D eigenvalue weighted by molar-refractivity contribution is 5.81. The van der Waals surface area contributed by atoms with Crippen LogP contribution in [0.4, 0.5) is 0 Å². The third-order valence-electron chi connectivity index (χ3n) is 5.16. The summed E-state index contributed by atoms with van der Waals surface area (Å²) in [6.45, 7) is 6.57. The molecule has 0 bridgehead atoms. The van der Waals surface area contributed by atoms with Crippen molar-refractivity contribution in [2.45, 2.75) is 33.6 Å². The number of rotatable bonds is 8. The number of fused-ring (bicyclic) bond motifs is 1. The van der Waals surface area contributed by atoms with Crippen LogP contribution >= 0.6 is 0 Å². The summed E-state index contributed by atoms with van der Waals surface area (Å²) in [6.07, 6.45) is 0.231. The number of hydrogen-bond donors (Lipinski definition) is 0. The Morgan fingerprint density at radius 2 is 1.71 bits per heavy atom. The number of benzene rings is 2. The first kappa shape index (κ1) is 22.2. The maximum atomic E-state index is 13.2. The molecule has 1 amide bonds. The molecule has 3 rings (SSSR count). The van der Waals surface area contributed by atoms with E-state index < -0.39 is 5.97 Å². The molecule has 2 aromatic carbocycles. The molecule has 0 aliphatic heterocycles. The fraction of sp³-hybridized carbons (Fsp3) is 0.333. The van der Waals surface area contributed by atoms with Crippen molar-refractivity contribution in [1.82, 2.24) is 14.5 Å². The van der Waals surface area contributed by atoms with Crippen molar-refractivity contribution >= 4 is 22.8 Å². The number of carbonyl (C=O) groups excluding carboxylic acids is 2. The third kappa shape index (κ3) is 5.17. The van der Waals surface area contributed by atoms with Gasteiger partial charge in [-0.3, -0.25) is 19.0 Å². The molecule has 7 heteroatoms. The first-order chi connectivity index (χ1) is 14.9. The quantitative estimate of drug-likeness (QED) is 0.522. The van der Waals surface area contributed by atoms with Crippen molar-refractivity contribution in [3.05, 3.63) is 70.3 Å². The lowest BCUT2D eigenvalue weighted by Gasteiger charge is -2.18. The Bertz CT molecular complexity index is 1130. The van der Waals surface area contributed by atoms with Crippen molar-refractivity contribution in [1.29, 1.82) is 0 Å². The molecule has 3 aromatic rings. The second kappa shape index (κ2) is 10.0. The summed E-state index contributed by atoms with van der Waals surface area (Å²) in [5.41, 5.74) is 2.16. The molecule has 7 nitrogen and oxygen atoms in total. The van der Waals surface area contributed by atoms with Crippen molar-refractivity contribution in [2.24, 2.45) is 0 Å². The number of aromatic nitrogens is 2. The molecule has 31 heavy (non-hydrogen) atoms. The van der Waals surface area contributed by atoms with Gasteiger partial charge >= 0.3 is 5.97 Å². The number of esters is 1. The Labute approximate surface area is 181 Å². The molecule has 162 valence electrons. The Morgan fingerprint density at radius 3 is 2.39 bits per heavy atom. The van der Waals surface area contributed by atoms with Crippen LogP contribution in [0.25, 0.3) is 16.6 Å². The average molecular weight is 421 g/mol. The Morgan fingerprint density at radius 1 is 1.03 bits per heavy atom. The molecule has 0 atom stereocenters. The lowest BCUT2D eigenvalue weighted by Crippen LogP contribution is -2.34. The number of ether oxygens (including phenoxy) is 1. The largest absolute Gasteiger partial charge is 0.456 e. The molecule has 0 saturated carbocycles. The summed E-state index contributed by atoms with van der Waals surface area (Å²) in [7, 11) is 0. The van der Waals surface area contributed by atoms with Gasteiger partial charge in [0.2, 0.25) is 0 Å². The summed E-state index contributed by atoms with van der Waals surface area (Å²) >= 11 is 0. The maximum Gasteiger partial charge on any atom is 0.306 e. The summed E-state index contributed by atoms with van der Waals surface area (Å²) in [6, 6.07) is 14.7. The molecule has 1 aromatic heterocycles. The SMILES string of the molecule is CCN(CC)C(=O)COC(=O)CCc1nc2ccccc2c(=O)n1-c1ccc(C)cc1. The van der Waals surface area contributed by atoms with E-state index in [1.807, 2.05) is 51.1 Å². The smallest absolute Gasteiger partial charge is 0.306 e. The number of likely N-dealkylation sites (N-methyl/N-ethyl adjacent to an activating group) is 1. The Kier molecular flexibility index (Phi) is 7.18. The zero-order valence-electron chi connectivity index (χ0n) is 18.1. The summed E-state index contributed by atoms with van der Waals surface area (Å²) in [4.78, 5) is 43.7. The van der Waals surface area contributed by atoms with Gasteiger partial charge in [-0.05, 0) is 45.0 Å². The third-order valence-corrected chi connectivity index (χ3v) is 5.16.